The topological polar surface area (TPSA) is 119 Å². The van der Waals surface area contributed by atoms with Gasteiger partial charge in [-0.1, -0.05) is 0 Å². The molecule has 0 aliphatic rings. The normalized spacial score (nSPS) is 10.9. The molecule has 26 heavy (non-hydrogen) atoms. The van der Waals surface area contributed by atoms with Gasteiger partial charge in [0.1, 0.15) is 0 Å². The minimum atomic E-state index is -4.15. The first kappa shape index (κ1) is 21.6. The number of likely N-dealkylation sites (N-methyl/N-ethyl adjacent to an activating group) is 1. The van der Waals surface area contributed by atoms with Crippen molar-refractivity contribution >= 4 is 27.9 Å². The first-order valence-corrected chi connectivity index (χ1v) is 9.27. The van der Waals surface area contributed by atoms with Crippen molar-refractivity contribution in [3.8, 4) is 0 Å². The van der Waals surface area contributed by atoms with E-state index in [1.54, 1.807) is 13.8 Å². The van der Waals surface area contributed by atoms with E-state index in [1.807, 2.05) is 0 Å². The molecule has 1 N–H and O–H groups in total. The first-order chi connectivity index (χ1) is 12.2. The molecule has 144 valence electrons. The number of carbonyl (C=O) groups is 3. The van der Waals surface area contributed by atoms with Crippen LogP contribution in [0.25, 0.3) is 0 Å². The standard InChI is InChI=1S/C16H22N2O7S/c1-5-18(6-2)14(19)10-17-26(22,23)13-8-11(15(20)24-3)7-12(9-13)16(21)25-4/h7-9,17H,5-6,10H2,1-4H3. The van der Waals surface area contributed by atoms with Crippen LogP contribution in [0.5, 0.6) is 0 Å². The van der Waals surface area contributed by atoms with E-state index in [0.717, 1.165) is 32.4 Å². The van der Waals surface area contributed by atoms with Crippen molar-refractivity contribution in [1.29, 1.82) is 0 Å². The number of methoxy groups -OCH3 is 2. The van der Waals surface area contributed by atoms with Gasteiger partial charge in [-0.2, -0.15) is 0 Å². The van der Waals surface area contributed by atoms with Gasteiger partial charge in [0, 0.05) is 13.1 Å². The first-order valence-electron chi connectivity index (χ1n) is 7.79. The molecule has 0 fully saturated rings. The Morgan fingerprint density at radius 2 is 1.42 bits per heavy atom. The Balaban J connectivity index is 3.20. The third-order valence-corrected chi connectivity index (χ3v) is 4.97. The number of benzene rings is 1. The fourth-order valence-corrected chi connectivity index (χ4v) is 3.20. The highest BCUT2D eigenvalue weighted by molar-refractivity contribution is 7.89. The second kappa shape index (κ2) is 9.30. The van der Waals surface area contributed by atoms with Crippen LogP contribution in [0.4, 0.5) is 0 Å². The average molecular weight is 386 g/mol. The molecule has 0 atom stereocenters. The summed E-state index contributed by atoms with van der Waals surface area (Å²) in [6.07, 6.45) is 0. The van der Waals surface area contributed by atoms with Crippen molar-refractivity contribution in [2.75, 3.05) is 33.9 Å². The number of amides is 1. The maximum absolute atomic E-state index is 12.5. The maximum Gasteiger partial charge on any atom is 0.337 e. The Kier molecular flexibility index (Phi) is 7.72. The molecule has 0 heterocycles. The zero-order chi connectivity index (χ0) is 19.9. The van der Waals surface area contributed by atoms with Gasteiger partial charge in [0.2, 0.25) is 15.9 Å². The van der Waals surface area contributed by atoms with E-state index in [-0.39, 0.29) is 16.0 Å². The number of hydrogen-bond acceptors (Lipinski definition) is 7. The summed E-state index contributed by atoms with van der Waals surface area (Å²) in [7, 11) is -1.89. The number of esters is 2. The van der Waals surface area contributed by atoms with Gasteiger partial charge in [-0.3, -0.25) is 4.79 Å². The predicted molar refractivity (Wildman–Crippen MR) is 92.2 cm³/mol. The van der Waals surface area contributed by atoms with E-state index in [9.17, 15) is 22.8 Å². The third kappa shape index (κ3) is 5.27. The van der Waals surface area contributed by atoms with Gasteiger partial charge >= 0.3 is 11.9 Å². The molecule has 1 aromatic rings. The highest BCUT2D eigenvalue weighted by Crippen LogP contribution is 2.17. The molecule has 0 radical (unpaired) electrons. The monoisotopic (exact) mass is 386 g/mol. The van der Waals surface area contributed by atoms with Crippen LogP contribution < -0.4 is 4.72 Å². The van der Waals surface area contributed by atoms with Crippen LogP contribution in [-0.4, -0.2) is 65.0 Å². The fourth-order valence-electron chi connectivity index (χ4n) is 2.15. The number of nitrogens with one attached hydrogen (secondary N) is 1. The Bertz CT molecular complexity index is 752. The largest absolute Gasteiger partial charge is 0.465 e. The van der Waals surface area contributed by atoms with Crippen LogP contribution >= 0.6 is 0 Å². The lowest BCUT2D eigenvalue weighted by Crippen LogP contribution is -2.40. The van der Waals surface area contributed by atoms with Crippen LogP contribution in [-0.2, 0) is 24.3 Å². The Hall–Kier alpha value is -2.46. The highest BCUT2D eigenvalue weighted by atomic mass is 32.2. The van der Waals surface area contributed by atoms with E-state index in [0.29, 0.717) is 13.1 Å². The number of carbonyl (C=O) groups excluding carboxylic acids is 3. The lowest BCUT2D eigenvalue weighted by atomic mass is 10.1. The van der Waals surface area contributed by atoms with Crippen LogP contribution in [0.2, 0.25) is 0 Å². The number of nitrogens with zero attached hydrogens (tertiary/aromatic N) is 1. The summed E-state index contributed by atoms with van der Waals surface area (Å²) < 4.78 is 36.2. The maximum atomic E-state index is 12.5. The summed E-state index contributed by atoms with van der Waals surface area (Å²) >= 11 is 0. The molecule has 1 rings (SSSR count). The van der Waals surface area contributed by atoms with Gasteiger partial charge in [0.25, 0.3) is 0 Å². The summed E-state index contributed by atoms with van der Waals surface area (Å²) in [5.74, 6) is -2.02. The van der Waals surface area contributed by atoms with Gasteiger partial charge in [0.15, 0.2) is 0 Å². The van der Waals surface area contributed by atoms with Crippen molar-refractivity contribution in [3.05, 3.63) is 29.3 Å². The summed E-state index contributed by atoms with van der Waals surface area (Å²) in [5, 5.41) is 0. The average Bonchev–Trinajstić information content (AvgIpc) is 2.65. The summed E-state index contributed by atoms with van der Waals surface area (Å²) in [6.45, 7) is 4.00. The van der Waals surface area contributed by atoms with Gasteiger partial charge in [-0.15, -0.1) is 0 Å². The van der Waals surface area contributed by atoms with Crippen LogP contribution in [0, 0.1) is 0 Å². The SMILES string of the molecule is CCN(CC)C(=O)CNS(=O)(=O)c1cc(C(=O)OC)cc(C(=O)OC)c1. The van der Waals surface area contributed by atoms with E-state index in [1.165, 1.54) is 4.90 Å². The van der Waals surface area contributed by atoms with Gasteiger partial charge in [-0.25, -0.2) is 22.7 Å². The van der Waals surface area contributed by atoms with Crippen LogP contribution in [0.15, 0.2) is 23.1 Å². The zero-order valence-electron chi connectivity index (χ0n) is 15.1. The predicted octanol–water partition coefficient (Wildman–Crippen LogP) is 0.406. The second-order valence-electron chi connectivity index (χ2n) is 5.12. The molecule has 0 bridgehead atoms. The number of ether oxygens (including phenoxy) is 2. The van der Waals surface area contributed by atoms with E-state index in [4.69, 9.17) is 0 Å². The van der Waals surface area contributed by atoms with Crippen molar-refractivity contribution in [1.82, 2.24) is 9.62 Å². The Morgan fingerprint density at radius 3 is 1.81 bits per heavy atom. The number of sulfonamides is 1. The Labute approximate surface area is 152 Å². The number of hydrogen-bond donors (Lipinski definition) is 1. The van der Waals surface area contributed by atoms with E-state index >= 15 is 0 Å². The van der Waals surface area contributed by atoms with Crippen molar-refractivity contribution in [2.45, 2.75) is 18.7 Å². The molecule has 0 saturated heterocycles. The number of rotatable bonds is 8. The molecule has 1 aromatic carbocycles. The Morgan fingerprint density at radius 1 is 0.962 bits per heavy atom. The quantitative estimate of drug-likeness (QED) is 0.643. The fraction of sp³-hybridized carbons (Fsp3) is 0.438. The third-order valence-electron chi connectivity index (χ3n) is 3.59. The van der Waals surface area contributed by atoms with E-state index < -0.39 is 34.4 Å². The molecule has 0 spiro atoms. The molecular formula is C16H22N2O7S. The van der Waals surface area contributed by atoms with Crippen molar-refractivity contribution in [2.24, 2.45) is 0 Å². The highest BCUT2D eigenvalue weighted by Gasteiger charge is 2.22. The molecule has 0 saturated carbocycles. The molecular weight excluding hydrogens is 364 g/mol. The molecule has 0 aliphatic carbocycles. The summed E-state index contributed by atoms with van der Waals surface area (Å²) in [6, 6.07) is 3.28. The molecule has 1 amide bonds. The van der Waals surface area contributed by atoms with Crippen LogP contribution in [0.3, 0.4) is 0 Å². The van der Waals surface area contributed by atoms with Crippen molar-refractivity contribution in [3.63, 3.8) is 0 Å². The summed E-state index contributed by atoms with van der Waals surface area (Å²) in [5.41, 5.74) is -0.267. The van der Waals surface area contributed by atoms with Crippen LogP contribution in [0.1, 0.15) is 34.6 Å². The zero-order valence-corrected chi connectivity index (χ0v) is 15.9. The molecule has 9 nitrogen and oxygen atoms in total. The molecule has 0 unspecified atom stereocenters. The minimum absolute atomic E-state index is 0.133. The lowest BCUT2D eigenvalue weighted by Gasteiger charge is -2.18. The lowest BCUT2D eigenvalue weighted by molar-refractivity contribution is -0.129. The molecule has 0 aromatic heterocycles. The summed E-state index contributed by atoms with van der Waals surface area (Å²) in [4.78, 5) is 36.6. The van der Waals surface area contributed by atoms with Gasteiger partial charge in [-0.05, 0) is 32.0 Å². The van der Waals surface area contributed by atoms with Gasteiger partial charge < -0.3 is 14.4 Å². The van der Waals surface area contributed by atoms with E-state index in [2.05, 4.69) is 14.2 Å². The smallest absolute Gasteiger partial charge is 0.337 e. The minimum Gasteiger partial charge on any atom is -0.465 e. The van der Waals surface area contributed by atoms with Gasteiger partial charge in [0.05, 0.1) is 36.8 Å². The molecule has 10 heteroatoms. The second-order valence-corrected chi connectivity index (χ2v) is 6.89. The van der Waals surface area contributed by atoms with Crippen molar-refractivity contribution < 1.29 is 32.3 Å². The molecule has 0 aliphatic heterocycles.